The fourth-order valence-corrected chi connectivity index (χ4v) is 3.66. The van der Waals surface area contributed by atoms with Gasteiger partial charge in [0.1, 0.15) is 0 Å². The van der Waals surface area contributed by atoms with Crippen LogP contribution in [-0.4, -0.2) is 17.0 Å². The maximum Gasteiger partial charge on any atom is 0.310 e. The molecular weight excluding hydrogens is 378 g/mol. The number of anilines is 1. The van der Waals surface area contributed by atoms with Crippen molar-refractivity contribution in [2.45, 2.75) is 32.1 Å². The number of thiophene rings is 1. The zero-order chi connectivity index (χ0) is 16.8. The monoisotopic (exact) mass is 395 g/mol. The van der Waals surface area contributed by atoms with Gasteiger partial charge in [-0.3, -0.25) is 9.59 Å². The summed E-state index contributed by atoms with van der Waals surface area (Å²) >= 11 is 5.11. The molecule has 1 unspecified atom stereocenters. The molecular formula is C17H18BrNO3S. The average molecular weight is 396 g/mol. The molecule has 0 aliphatic heterocycles. The van der Waals surface area contributed by atoms with Crippen LogP contribution in [0.4, 0.5) is 5.69 Å². The zero-order valence-corrected chi connectivity index (χ0v) is 15.1. The number of halogens is 1. The van der Waals surface area contributed by atoms with Crippen LogP contribution in [-0.2, 0) is 16.0 Å². The van der Waals surface area contributed by atoms with Crippen LogP contribution >= 0.6 is 27.3 Å². The highest BCUT2D eigenvalue weighted by molar-refractivity contribution is 9.11. The van der Waals surface area contributed by atoms with Gasteiger partial charge in [0.2, 0.25) is 5.91 Å². The van der Waals surface area contributed by atoms with E-state index >= 15 is 0 Å². The molecule has 0 aliphatic carbocycles. The van der Waals surface area contributed by atoms with Gasteiger partial charge in [0, 0.05) is 17.0 Å². The van der Waals surface area contributed by atoms with Crippen molar-refractivity contribution in [3.63, 3.8) is 0 Å². The molecule has 2 N–H and O–H groups in total. The Morgan fingerprint density at radius 1 is 1.22 bits per heavy atom. The van der Waals surface area contributed by atoms with Gasteiger partial charge in [-0.2, -0.15) is 0 Å². The largest absolute Gasteiger partial charge is 0.481 e. The number of aryl methyl sites for hydroxylation is 1. The Hall–Kier alpha value is -1.66. The minimum atomic E-state index is -0.859. The standard InChI is InChI=1S/C17H18BrNO3S/c1-11(17(21)22)12-5-7-13(8-6-12)19-16(20)4-2-3-14-9-10-15(18)23-14/h5-11H,2-4H2,1H3,(H,19,20)(H,21,22). The van der Waals surface area contributed by atoms with Crippen molar-refractivity contribution in [1.82, 2.24) is 0 Å². The van der Waals surface area contributed by atoms with Crippen LogP contribution in [0, 0.1) is 0 Å². The lowest BCUT2D eigenvalue weighted by atomic mass is 10.0. The van der Waals surface area contributed by atoms with Crippen molar-refractivity contribution in [3.05, 3.63) is 50.6 Å². The Morgan fingerprint density at radius 2 is 1.91 bits per heavy atom. The van der Waals surface area contributed by atoms with E-state index in [9.17, 15) is 9.59 Å². The molecule has 2 aromatic rings. The van der Waals surface area contributed by atoms with Crippen LogP contribution in [0.3, 0.4) is 0 Å². The van der Waals surface area contributed by atoms with Crippen molar-refractivity contribution in [2.24, 2.45) is 0 Å². The number of hydrogen-bond acceptors (Lipinski definition) is 3. The molecule has 122 valence electrons. The molecule has 0 saturated carbocycles. The summed E-state index contributed by atoms with van der Waals surface area (Å²) in [5, 5.41) is 11.8. The lowest BCUT2D eigenvalue weighted by Crippen LogP contribution is -2.12. The van der Waals surface area contributed by atoms with E-state index in [2.05, 4.69) is 27.3 Å². The molecule has 0 aliphatic rings. The van der Waals surface area contributed by atoms with Crippen LogP contribution in [0.25, 0.3) is 0 Å². The normalized spacial score (nSPS) is 11.9. The second-order valence-corrected chi connectivity index (χ2v) is 7.84. The molecule has 1 atom stereocenters. The highest BCUT2D eigenvalue weighted by Gasteiger charge is 2.13. The lowest BCUT2D eigenvalue weighted by Gasteiger charge is -2.09. The maximum absolute atomic E-state index is 11.9. The number of benzene rings is 1. The number of amides is 1. The van der Waals surface area contributed by atoms with E-state index in [4.69, 9.17) is 5.11 Å². The number of rotatable bonds is 7. The molecule has 0 spiro atoms. The topological polar surface area (TPSA) is 66.4 Å². The first-order chi connectivity index (χ1) is 11.0. The highest BCUT2D eigenvalue weighted by Crippen LogP contribution is 2.23. The third kappa shape index (κ3) is 5.48. The number of carbonyl (C=O) groups excluding carboxylic acids is 1. The highest BCUT2D eigenvalue weighted by atomic mass is 79.9. The second kappa shape index (κ2) is 8.26. The van der Waals surface area contributed by atoms with Crippen molar-refractivity contribution in [1.29, 1.82) is 0 Å². The SMILES string of the molecule is CC(C(=O)O)c1ccc(NC(=O)CCCc2ccc(Br)s2)cc1. The lowest BCUT2D eigenvalue weighted by molar-refractivity contribution is -0.138. The van der Waals surface area contributed by atoms with Crippen LogP contribution in [0.5, 0.6) is 0 Å². The van der Waals surface area contributed by atoms with E-state index < -0.39 is 11.9 Å². The van der Waals surface area contributed by atoms with Crippen LogP contribution in [0.1, 0.15) is 36.1 Å². The predicted octanol–water partition coefficient (Wildman–Crippen LogP) is 4.66. The first-order valence-corrected chi connectivity index (χ1v) is 8.93. The Kier molecular flexibility index (Phi) is 6.36. The van der Waals surface area contributed by atoms with Gasteiger partial charge in [-0.25, -0.2) is 0 Å². The first kappa shape index (κ1) is 17.7. The molecule has 2 rings (SSSR count). The molecule has 6 heteroatoms. The van der Waals surface area contributed by atoms with E-state index in [0.29, 0.717) is 12.1 Å². The molecule has 1 aromatic carbocycles. The smallest absolute Gasteiger partial charge is 0.310 e. The van der Waals surface area contributed by atoms with E-state index in [1.807, 2.05) is 6.07 Å². The van der Waals surface area contributed by atoms with Crippen molar-refractivity contribution in [2.75, 3.05) is 5.32 Å². The summed E-state index contributed by atoms with van der Waals surface area (Å²) in [4.78, 5) is 24.1. The molecule has 0 radical (unpaired) electrons. The quantitative estimate of drug-likeness (QED) is 0.716. The van der Waals surface area contributed by atoms with Gasteiger partial charge >= 0.3 is 5.97 Å². The fraction of sp³-hybridized carbons (Fsp3) is 0.294. The van der Waals surface area contributed by atoms with E-state index in [0.717, 1.165) is 22.2 Å². The van der Waals surface area contributed by atoms with Crippen LogP contribution in [0.2, 0.25) is 0 Å². The van der Waals surface area contributed by atoms with Gasteiger partial charge in [0.15, 0.2) is 0 Å². The summed E-state index contributed by atoms with van der Waals surface area (Å²) < 4.78 is 1.10. The molecule has 4 nitrogen and oxygen atoms in total. The average Bonchev–Trinajstić information content (AvgIpc) is 2.92. The Morgan fingerprint density at radius 3 is 2.48 bits per heavy atom. The summed E-state index contributed by atoms with van der Waals surface area (Å²) in [7, 11) is 0. The fourth-order valence-electron chi connectivity index (χ4n) is 2.13. The third-order valence-electron chi connectivity index (χ3n) is 3.52. The molecule has 23 heavy (non-hydrogen) atoms. The molecule has 0 fully saturated rings. The number of carbonyl (C=O) groups is 2. The molecule has 0 saturated heterocycles. The van der Waals surface area contributed by atoms with Crippen LogP contribution in [0.15, 0.2) is 40.2 Å². The third-order valence-corrected chi connectivity index (χ3v) is 5.20. The molecule has 1 aromatic heterocycles. The molecule has 1 heterocycles. The van der Waals surface area contributed by atoms with Gasteiger partial charge in [-0.1, -0.05) is 12.1 Å². The van der Waals surface area contributed by atoms with Gasteiger partial charge < -0.3 is 10.4 Å². The minimum absolute atomic E-state index is 0.0281. The summed E-state index contributed by atoms with van der Waals surface area (Å²) in [5.74, 6) is -1.44. The first-order valence-electron chi connectivity index (χ1n) is 7.32. The van der Waals surface area contributed by atoms with Crippen LogP contribution < -0.4 is 5.32 Å². The zero-order valence-electron chi connectivity index (χ0n) is 12.7. The summed E-state index contributed by atoms with van der Waals surface area (Å²) in [6.07, 6.45) is 2.15. The number of aliphatic carboxylic acids is 1. The van der Waals surface area contributed by atoms with E-state index in [1.165, 1.54) is 4.88 Å². The van der Waals surface area contributed by atoms with Crippen molar-refractivity contribution < 1.29 is 14.7 Å². The Labute approximate surface area is 147 Å². The van der Waals surface area contributed by atoms with Gasteiger partial charge in [0.25, 0.3) is 0 Å². The predicted molar refractivity (Wildman–Crippen MR) is 96.1 cm³/mol. The molecule has 1 amide bonds. The van der Waals surface area contributed by atoms with Gasteiger partial charge in [0.05, 0.1) is 9.70 Å². The van der Waals surface area contributed by atoms with E-state index in [1.54, 1.807) is 42.5 Å². The summed E-state index contributed by atoms with van der Waals surface area (Å²) in [5.41, 5.74) is 1.41. The van der Waals surface area contributed by atoms with Crippen molar-refractivity contribution >= 4 is 44.8 Å². The number of carboxylic acid groups (broad SMARTS) is 1. The minimum Gasteiger partial charge on any atom is -0.481 e. The summed E-state index contributed by atoms with van der Waals surface area (Å²) in [6, 6.07) is 11.0. The molecule has 0 bridgehead atoms. The van der Waals surface area contributed by atoms with E-state index in [-0.39, 0.29) is 5.91 Å². The number of hydrogen-bond donors (Lipinski definition) is 2. The maximum atomic E-state index is 11.9. The summed E-state index contributed by atoms with van der Waals surface area (Å²) in [6.45, 7) is 1.64. The number of carboxylic acids is 1. The Balaban J connectivity index is 1.79. The Bertz CT molecular complexity index is 681. The van der Waals surface area contributed by atoms with Gasteiger partial charge in [-0.15, -0.1) is 11.3 Å². The number of nitrogens with one attached hydrogen (secondary N) is 1. The second-order valence-electron chi connectivity index (χ2n) is 5.29. The van der Waals surface area contributed by atoms with Crippen molar-refractivity contribution in [3.8, 4) is 0 Å². The van der Waals surface area contributed by atoms with Gasteiger partial charge in [-0.05, 0) is 65.5 Å².